The van der Waals surface area contributed by atoms with E-state index in [4.69, 9.17) is 5.73 Å². The highest BCUT2D eigenvalue weighted by molar-refractivity contribution is 6.07. The molecule has 82 valence electrons. The Labute approximate surface area is 93.7 Å². The summed E-state index contributed by atoms with van der Waals surface area (Å²) >= 11 is 0. The number of aromatic nitrogens is 2. The van der Waals surface area contributed by atoms with Gasteiger partial charge in [-0.1, -0.05) is 30.3 Å². The van der Waals surface area contributed by atoms with Gasteiger partial charge in [0.05, 0.1) is 6.33 Å². The van der Waals surface area contributed by atoms with E-state index in [1.54, 1.807) is 24.7 Å². The third-order valence-electron chi connectivity index (χ3n) is 2.29. The number of rotatable bonds is 4. The van der Waals surface area contributed by atoms with Crippen LogP contribution < -0.4 is 5.73 Å². The van der Waals surface area contributed by atoms with Gasteiger partial charge in [-0.05, 0) is 0 Å². The highest BCUT2D eigenvalue weighted by Gasteiger charge is 2.10. The van der Waals surface area contributed by atoms with Gasteiger partial charge in [0.25, 0.3) is 0 Å². The van der Waals surface area contributed by atoms with Gasteiger partial charge in [-0.3, -0.25) is 4.79 Å². The second-order valence-electron chi connectivity index (χ2n) is 3.48. The molecule has 0 saturated heterocycles. The molecule has 0 unspecified atom stereocenters. The van der Waals surface area contributed by atoms with Crippen LogP contribution in [0.5, 0.6) is 0 Å². The molecule has 0 saturated carbocycles. The van der Waals surface area contributed by atoms with Gasteiger partial charge < -0.3 is 10.3 Å². The fourth-order valence-corrected chi connectivity index (χ4v) is 1.49. The van der Waals surface area contributed by atoms with Crippen molar-refractivity contribution in [2.75, 3.05) is 6.54 Å². The molecule has 0 radical (unpaired) electrons. The van der Waals surface area contributed by atoms with Crippen LogP contribution in [0.2, 0.25) is 0 Å². The number of imidazole rings is 1. The summed E-state index contributed by atoms with van der Waals surface area (Å²) in [5.74, 6) is -0.0589. The highest BCUT2D eigenvalue weighted by atomic mass is 16.1. The summed E-state index contributed by atoms with van der Waals surface area (Å²) < 4.78 is 1.82. The van der Waals surface area contributed by atoms with E-state index < -0.39 is 0 Å². The summed E-state index contributed by atoms with van der Waals surface area (Å²) in [5.41, 5.74) is 6.53. The number of nitrogens with zero attached hydrogens (tertiary/aromatic N) is 2. The van der Waals surface area contributed by atoms with E-state index in [9.17, 15) is 4.79 Å². The molecule has 0 amide bonds. The van der Waals surface area contributed by atoms with Crippen LogP contribution >= 0.6 is 0 Å². The predicted molar refractivity (Wildman–Crippen MR) is 61.2 cm³/mol. The SMILES string of the molecule is NCCn1cnc(C(=O)c2ccccc2)c1. The van der Waals surface area contributed by atoms with E-state index in [2.05, 4.69) is 4.98 Å². The molecule has 0 aliphatic heterocycles. The maximum atomic E-state index is 12.0. The average Bonchev–Trinajstić information content (AvgIpc) is 2.78. The summed E-state index contributed by atoms with van der Waals surface area (Å²) in [6, 6.07) is 9.12. The van der Waals surface area contributed by atoms with Crippen molar-refractivity contribution in [1.82, 2.24) is 9.55 Å². The fraction of sp³-hybridized carbons (Fsp3) is 0.167. The van der Waals surface area contributed by atoms with Crippen molar-refractivity contribution in [2.45, 2.75) is 6.54 Å². The second-order valence-corrected chi connectivity index (χ2v) is 3.48. The minimum Gasteiger partial charge on any atom is -0.335 e. The fourth-order valence-electron chi connectivity index (χ4n) is 1.49. The number of hydrogen-bond donors (Lipinski definition) is 1. The van der Waals surface area contributed by atoms with Crippen LogP contribution in [0.4, 0.5) is 0 Å². The van der Waals surface area contributed by atoms with Gasteiger partial charge in [0, 0.05) is 24.8 Å². The molecule has 0 bridgehead atoms. The van der Waals surface area contributed by atoms with Gasteiger partial charge >= 0.3 is 0 Å². The lowest BCUT2D eigenvalue weighted by Crippen LogP contribution is -2.08. The second kappa shape index (κ2) is 4.72. The molecule has 0 atom stereocenters. The molecule has 16 heavy (non-hydrogen) atoms. The van der Waals surface area contributed by atoms with Gasteiger partial charge in [0.1, 0.15) is 5.69 Å². The minimum absolute atomic E-state index is 0.0589. The Kier molecular flexibility index (Phi) is 3.12. The van der Waals surface area contributed by atoms with E-state index in [-0.39, 0.29) is 5.78 Å². The monoisotopic (exact) mass is 215 g/mol. The molecule has 4 heteroatoms. The summed E-state index contributed by atoms with van der Waals surface area (Å²) in [5, 5.41) is 0. The lowest BCUT2D eigenvalue weighted by atomic mass is 10.1. The molecule has 0 fully saturated rings. The van der Waals surface area contributed by atoms with Gasteiger partial charge in [-0.25, -0.2) is 4.98 Å². The summed E-state index contributed by atoms with van der Waals surface area (Å²) in [6.45, 7) is 1.21. The number of carbonyl (C=O) groups excluding carboxylic acids is 1. The molecule has 2 aromatic rings. The van der Waals surface area contributed by atoms with Crippen molar-refractivity contribution >= 4 is 5.78 Å². The van der Waals surface area contributed by atoms with Crippen molar-refractivity contribution in [2.24, 2.45) is 5.73 Å². The van der Waals surface area contributed by atoms with Crippen molar-refractivity contribution in [3.8, 4) is 0 Å². The van der Waals surface area contributed by atoms with Gasteiger partial charge in [0.2, 0.25) is 5.78 Å². The molecule has 0 aliphatic rings. The molecule has 4 nitrogen and oxygen atoms in total. The lowest BCUT2D eigenvalue weighted by molar-refractivity contribution is 0.103. The number of carbonyl (C=O) groups is 1. The Hall–Kier alpha value is -1.94. The van der Waals surface area contributed by atoms with E-state index in [0.29, 0.717) is 24.3 Å². The quantitative estimate of drug-likeness (QED) is 0.776. The van der Waals surface area contributed by atoms with E-state index in [0.717, 1.165) is 0 Å². The topological polar surface area (TPSA) is 60.9 Å². The van der Waals surface area contributed by atoms with Gasteiger partial charge in [-0.15, -0.1) is 0 Å². The van der Waals surface area contributed by atoms with Gasteiger partial charge in [-0.2, -0.15) is 0 Å². The minimum atomic E-state index is -0.0589. The Morgan fingerprint density at radius 1 is 1.31 bits per heavy atom. The van der Waals surface area contributed by atoms with Crippen molar-refractivity contribution in [3.63, 3.8) is 0 Å². The molecule has 1 aromatic carbocycles. The average molecular weight is 215 g/mol. The highest BCUT2D eigenvalue weighted by Crippen LogP contribution is 2.07. The summed E-state index contributed by atoms with van der Waals surface area (Å²) in [6.07, 6.45) is 3.35. The smallest absolute Gasteiger partial charge is 0.212 e. The molecule has 2 rings (SSSR count). The van der Waals surface area contributed by atoms with Gasteiger partial charge in [0.15, 0.2) is 0 Å². The Balaban J connectivity index is 2.21. The first-order chi connectivity index (χ1) is 7.81. The zero-order valence-electron chi connectivity index (χ0n) is 8.84. The summed E-state index contributed by atoms with van der Waals surface area (Å²) in [7, 11) is 0. The van der Waals surface area contributed by atoms with Crippen LogP contribution in [0.1, 0.15) is 16.1 Å². The molecular formula is C12H13N3O. The number of hydrogen-bond acceptors (Lipinski definition) is 3. The molecule has 1 aromatic heterocycles. The first-order valence-corrected chi connectivity index (χ1v) is 5.13. The van der Waals surface area contributed by atoms with E-state index in [1.165, 1.54) is 0 Å². The third-order valence-corrected chi connectivity index (χ3v) is 2.29. The number of nitrogens with two attached hydrogens (primary N) is 1. The first-order valence-electron chi connectivity index (χ1n) is 5.13. The van der Waals surface area contributed by atoms with Crippen LogP contribution in [0.25, 0.3) is 0 Å². The predicted octanol–water partition coefficient (Wildman–Crippen LogP) is 1.07. The number of ketones is 1. The Morgan fingerprint density at radius 3 is 2.75 bits per heavy atom. The van der Waals surface area contributed by atoms with Crippen LogP contribution in [0, 0.1) is 0 Å². The molecular weight excluding hydrogens is 202 g/mol. The molecule has 0 spiro atoms. The summed E-state index contributed by atoms with van der Waals surface area (Å²) in [4.78, 5) is 16.0. The maximum Gasteiger partial charge on any atom is 0.212 e. The van der Waals surface area contributed by atoms with Crippen LogP contribution in [0.15, 0.2) is 42.9 Å². The lowest BCUT2D eigenvalue weighted by Gasteiger charge is -1.97. The normalized spacial score (nSPS) is 10.3. The first kappa shape index (κ1) is 10.6. The molecule has 2 N–H and O–H groups in total. The van der Waals surface area contributed by atoms with Crippen molar-refractivity contribution in [1.29, 1.82) is 0 Å². The molecule has 1 heterocycles. The Morgan fingerprint density at radius 2 is 2.06 bits per heavy atom. The van der Waals surface area contributed by atoms with Crippen LogP contribution in [-0.4, -0.2) is 21.9 Å². The maximum absolute atomic E-state index is 12.0. The van der Waals surface area contributed by atoms with E-state index in [1.807, 2.05) is 22.8 Å². The molecule has 0 aliphatic carbocycles. The van der Waals surface area contributed by atoms with E-state index >= 15 is 0 Å². The standard InChI is InChI=1S/C12H13N3O/c13-6-7-15-8-11(14-9-15)12(16)10-4-2-1-3-5-10/h1-5,8-9H,6-7,13H2. The zero-order chi connectivity index (χ0) is 11.4. The zero-order valence-corrected chi connectivity index (χ0v) is 8.84. The van der Waals surface area contributed by atoms with Crippen molar-refractivity contribution in [3.05, 3.63) is 54.1 Å². The Bertz CT molecular complexity index is 476. The third kappa shape index (κ3) is 2.17. The van der Waals surface area contributed by atoms with Crippen LogP contribution in [-0.2, 0) is 6.54 Å². The largest absolute Gasteiger partial charge is 0.335 e. The van der Waals surface area contributed by atoms with Crippen molar-refractivity contribution < 1.29 is 4.79 Å². The number of benzene rings is 1. The van der Waals surface area contributed by atoms with Crippen LogP contribution in [0.3, 0.4) is 0 Å².